The largest absolute Gasteiger partial charge is 0.307 e. The Hall–Kier alpha value is -0.320. The van der Waals surface area contributed by atoms with Crippen LogP contribution < -0.4 is 4.87 Å². The van der Waals surface area contributed by atoms with Crippen molar-refractivity contribution in [3.63, 3.8) is 0 Å². The van der Waals surface area contributed by atoms with Gasteiger partial charge in [-0.05, 0) is 28.1 Å². The summed E-state index contributed by atoms with van der Waals surface area (Å²) in [5.41, 5.74) is 0.909. The number of nitrogens with zero attached hydrogens (tertiary/aromatic N) is 1. The van der Waals surface area contributed by atoms with E-state index in [1.165, 1.54) is 11.3 Å². The van der Waals surface area contributed by atoms with E-state index in [1.807, 2.05) is 6.07 Å². The average Bonchev–Trinajstić information content (AvgIpc) is 2.32. The van der Waals surface area contributed by atoms with Gasteiger partial charge in [0, 0.05) is 11.5 Å². The maximum atomic E-state index is 11.3. The Morgan fingerprint density at radius 2 is 2.23 bits per heavy atom. The summed E-state index contributed by atoms with van der Waals surface area (Å²) in [4.78, 5) is 11.3. The molecule has 1 heterocycles. The minimum absolute atomic E-state index is 0.0316. The van der Waals surface area contributed by atoms with Crippen LogP contribution in [0, 0.1) is 0 Å². The first-order valence-electron chi connectivity index (χ1n) is 3.54. The fourth-order valence-corrected chi connectivity index (χ4v) is 2.58. The highest BCUT2D eigenvalue weighted by Gasteiger charge is 2.06. The van der Waals surface area contributed by atoms with Crippen molar-refractivity contribution in [2.24, 2.45) is 7.05 Å². The van der Waals surface area contributed by atoms with Crippen LogP contribution in [0.15, 0.2) is 21.4 Å². The number of benzene rings is 1. The first kappa shape index (κ1) is 9.24. The molecular weight excluding hydrogens is 274 g/mol. The van der Waals surface area contributed by atoms with Crippen molar-refractivity contribution in [1.82, 2.24) is 4.57 Å². The van der Waals surface area contributed by atoms with Crippen molar-refractivity contribution >= 4 is 49.1 Å². The van der Waals surface area contributed by atoms with Crippen LogP contribution in [0.25, 0.3) is 10.2 Å². The lowest BCUT2D eigenvalue weighted by Crippen LogP contribution is -2.06. The molecule has 13 heavy (non-hydrogen) atoms. The quantitative estimate of drug-likeness (QED) is 0.726. The summed E-state index contributed by atoms with van der Waals surface area (Å²) in [5.74, 6) is 0. The topological polar surface area (TPSA) is 22.0 Å². The molecule has 0 amide bonds. The minimum atomic E-state index is 0.0316. The van der Waals surface area contributed by atoms with E-state index in [4.69, 9.17) is 11.6 Å². The van der Waals surface area contributed by atoms with Gasteiger partial charge < -0.3 is 4.57 Å². The molecule has 0 aliphatic rings. The number of rotatable bonds is 0. The van der Waals surface area contributed by atoms with E-state index in [2.05, 4.69) is 15.9 Å². The smallest absolute Gasteiger partial charge is 0.302 e. The third-order valence-electron chi connectivity index (χ3n) is 1.83. The highest BCUT2D eigenvalue weighted by molar-refractivity contribution is 9.10. The van der Waals surface area contributed by atoms with Crippen LogP contribution in [0.1, 0.15) is 0 Å². The van der Waals surface area contributed by atoms with Crippen LogP contribution in [-0.2, 0) is 7.05 Å². The standard InChI is InChI=1S/C8H5BrClNOS/c1-11-6-2-4(9)5(10)3-7(6)13-8(11)12/h2-3H,1H3. The van der Waals surface area contributed by atoms with Crippen molar-refractivity contribution in [3.05, 3.63) is 31.3 Å². The maximum Gasteiger partial charge on any atom is 0.307 e. The second-order valence-corrected chi connectivity index (χ2v) is 4.92. The highest BCUT2D eigenvalue weighted by Crippen LogP contribution is 2.29. The zero-order valence-corrected chi connectivity index (χ0v) is 9.83. The molecular formula is C8H5BrClNOS. The van der Waals surface area contributed by atoms with Gasteiger partial charge in [-0.15, -0.1) is 0 Å². The van der Waals surface area contributed by atoms with Crippen molar-refractivity contribution in [2.45, 2.75) is 0 Å². The number of aryl methyl sites for hydroxylation is 1. The summed E-state index contributed by atoms with van der Waals surface area (Å²) in [5, 5.41) is 0.634. The first-order chi connectivity index (χ1) is 6.09. The molecule has 2 aromatic rings. The number of hydrogen-bond donors (Lipinski definition) is 0. The molecule has 2 nitrogen and oxygen atoms in total. The third kappa shape index (κ3) is 1.43. The van der Waals surface area contributed by atoms with E-state index in [1.54, 1.807) is 17.7 Å². The second-order valence-electron chi connectivity index (χ2n) is 2.66. The fourth-order valence-electron chi connectivity index (χ4n) is 1.12. The van der Waals surface area contributed by atoms with E-state index >= 15 is 0 Å². The second kappa shape index (κ2) is 3.12. The Kier molecular flexibility index (Phi) is 2.21. The molecule has 68 valence electrons. The number of halogens is 2. The summed E-state index contributed by atoms with van der Waals surface area (Å²) in [6.45, 7) is 0. The molecule has 0 atom stereocenters. The van der Waals surface area contributed by atoms with Gasteiger partial charge in [-0.25, -0.2) is 0 Å². The van der Waals surface area contributed by atoms with Gasteiger partial charge in [-0.3, -0.25) is 4.79 Å². The van der Waals surface area contributed by atoms with E-state index in [-0.39, 0.29) is 4.87 Å². The summed E-state index contributed by atoms with van der Waals surface area (Å²) in [7, 11) is 1.75. The van der Waals surface area contributed by atoms with Crippen LogP contribution in [0.2, 0.25) is 5.02 Å². The summed E-state index contributed by atoms with van der Waals surface area (Å²) in [6, 6.07) is 3.66. The molecule has 0 radical (unpaired) electrons. The van der Waals surface area contributed by atoms with Crippen LogP contribution in [0.5, 0.6) is 0 Å². The Balaban J connectivity index is 2.97. The number of hydrogen-bond acceptors (Lipinski definition) is 2. The van der Waals surface area contributed by atoms with Crippen LogP contribution in [0.4, 0.5) is 0 Å². The normalized spacial score (nSPS) is 11.0. The highest BCUT2D eigenvalue weighted by atomic mass is 79.9. The fraction of sp³-hybridized carbons (Fsp3) is 0.125. The van der Waals surface area contributed by atoms with E-state index in [9.17, 15) is 4.79 Å². The SMILES string of the molecule is Cn1c(=O)sc2cc(Cl)c(Br)cc21. The van der Waals surface area contributed by atoms with Crippen molar-refractivity contribution in [3.8, 4) is 0 Å². The van der Waals surface area contributed by atoms with Gasteiger partial charge >= 0.3 is 4.87 Å². The van der Waals surface area contributed by atoms with Crippen LogP contribution >= 0.6 is 38.9 Å². The van der Waals surface area contributed by atoms with E-state index in [0.717, 1.165) is 14.7 Å². The molecule has 0 N–H and O–H groups in total. The van der Waals surface area contributed by atoms with Crippen LogP contribution in [0.3, 0.4) is 0 Å². The number of thiazole rings is 1. The Bertz CT molecular complexity index is 531. The van der Waals surface area contributed by atoms with Crippen molar-refractivity contribution in [1.29, 1.82) is 0 Å². The monoisotopic (exact) mass is 277 g/mol. The average molecular weight is 279 g/mol. The summed E-state index contributed by atoms with van der Waals surface area (Å²) >= 11 is 10.4. The van der Waals surface area contributed by atoms with Gasteiger partial charge in [0.2, 0.25) is 0 Å². The predicted molar refractivity (Wildman–Crippen MR) is 59.8 cm³/mol. The van der Waals surface area contributed by atoms with Gasteiger partial charge in [0.05, 0.1) is 15.2 Å². The third-order valence-corrected chi connectivity index (χ3v) is 4.03. The lowest BCUT2D eigenvalue weighted by atomic mass is 10.3. The lowest BCUT2D eigenvalue weighted by molar-refractivity contribution is 0.938. The number of aromatic nitrogens is 1. The van der Waals surface area contributed by atoms with Gasteiger partial charge in [0.25, 0.3) is 0 Å². The van der Waals surface area contributed by atoms with E-state index < -0.39 is 0 Å². The summed E-state index contributed by atoms with van der Waals surface area (Å²) in [6.07, 6.45) is 0. The molecule has 5 heteroatoms. The zero-order chi connectivity index (χ0) is 9.59. The number of fused-ring (bicyclic) bond motifs is 1. The maximum absolute atomic E-state index is 11.3. The molecule has 0 aliphatic heterocycles. The minimum Gasteiger partial charge on any atom is -0.302 e. The molecule has 1 aromatic carbocycles. The first-order valence-corrected chi connectivity index (χ1v) is 5.53. The zero-order valence-electron chi connectivity index (χ0n) is 6.67. The van der Waals surface area contributed by atoms with E-state index in [0.29, 0.717) is 5.02 Å². The molecule has 1 aromatic heterocycles. The molecule has 0 bridgehead atoms. The van der Waals surface area contributed by atoms with Crippen molar-refractivity contribution in [2.75, 3.05) is 0 Å². The van der Waals surface area contributed by atoms with Gasteiger partial charge in [-0.1, -0.05) is 22.9 Å². The lowest BCUT2D eigenvalue weighted by Gasteiger charge is -1.97. The molecule has 0 saturated carbocycles. The molecule has 0 saturated heterocycles. The van der Waals surface area contributed by atoms with Gasteiger partial charge in [0.15, 0.2) is 0 Å². The van der Waals surface area contributed by atoms with Gasteiger partial charge in [0.1, 0.15) is 0 Å². The molecule has 0 spiro atoms. The molecule has 2 rings (SSSR count). The predicted octanol–water partition coefficient (Wildman–Crippen LogP) is 3.02. The Morgan fingerprint density at radius 3 is 2.92 bits per heavy atom. The van der Waals surface area contributed by atoms with Crippen molar-refractivity contribution < 1.29 is 0 Å². The molecule has 0 unspecified atom stereocenters. The Morgan fingerprint density at radius 1 is 1.54 bits per heavy atom. The molecule has 0 fully saturated rings. The van der Waals surface area contributed by atoms with Gasteiger partial charge in [-0.2, -0.15) is 0 Å². The Labute approximate surface area is 91.9 Å². The van der Waals surface area contributed by atoms with Crippen LogP contribution in [-0.4, -0.2) is 4.57 Å². The molecule has 0 aliphatic carbocycles. The summed E-state index contributed by atoms with van der Waals surface area (Å²) < 4.78 is 3.34.